The van der Waals surface area contributed by atoms with Crippen molar-refractivity contribution in [1.82, 2.24) is 5.32 Å². The van der Waals surface area contributed by atoms with Crippen LogP contribution in [0.4, 0.5) is 10.1 Å². The fraction of sp³-hybridized carbons (Fsp3) is 0.294. The third-order valence-electron chi connectivity index (χ3n) is 4.06. The number of sulfone groups is 1. The fourth-order valence-electron chi connectivity index (χ4n) is 2.92. The zero-order valence-corrected chi connectivity index (χ0v) is 13.7. The number of nitrogens with zero attached hydrogens (tertiary/aromatic N) is 1. The number of piperazine rings is 1. The minimum atomic E-state index is -3.32. The van der Waals surface area contributed by atoms with Crippen molar-refractivity contribution >= 4 is 15.5 Å². The normalized spacial score (nSPS) is 18.9. The van der Waals surface area contributed by atoms with Crippen LogP contribution in [0.1, 0.15) is 0 Å². The molecule has 0 saturated carbocycles. The van der Waals surface area contributed by atoms with E-state index in [1.54, 1.807) is 23.1 Å². The number of benzene rings is 2. The summed E-state index contributed by atoms with van der Waals surface area (Å²) in [6, 6.07) is 14.4. The van der Waals surface area contributed by atoms with Gasteiger partial charge in [0.2, 0.25) is 0 Å². The van der Waals surface area contributed by atoms with Crippen LogP contribution in [-0.4, -0.2) is 39.7 Å². The molecule has 1 atom stereocenters. The fourth-order valence-corrected chi connectivity index (χ4v) is 4.02. The first-order chi connectivity index (χ1) is 11.0. The highest BCUT2D eigenvalue weighted by molar-refractivity contribution is 7.91. The maximum absolute atomic E-state index is 15.0. The summed E-state index contributed by atoms with van der Waals surface area (Å²) in [6.45, 7) is 1.38. The van der Waals surface area contributed by atoms with E-state index in [2.05, 4.69) is 5.32 Å². The van der Waals surface area contributed by atoms with Crippen molar-refractivity contribution < 1.29 is 12.8 Å². The average Bonchev–Trinajstić information content (AvgIpc) is 2.55. The Kier molecular flexibility index (Phi) is 4.37. The van der Waals surface area contributed by atoms with Crippen molar-refractivity contribution in [2.45, 2.75) is 5.37 Å². The Morgan fingerprint density at radius 3 is 2.57 bits per heavy atom. The number of rotatable bonds is 3. The van der Waals surface area contributed by atoms with Gasteiger partial charge in [0.15, 0.2) is 15.7 Å². The number of hydrogen-bond acceptors (Lipinski definition) is 4. The highest BCUT2D eigenvalue weighted by Gasteiger charge is 2.32. The molecule has 3 rings (SSSR count). The molecule has 1 fully saturated rings. The van der Waals surface area contributed by atoms with Gasteiger partial charge < -0.3 is 10.2 Å². The molecule has 0 amide bonds. The van der Waals surface area contributed by atoms with Crippen LogP contribution < -0.4 is 10.2 Å². The maximum Gasteiger partial charge on any atom is 0.169 e. The first-order valence-electron chi connectivity index (χ1n) is 7.48. The smallest absolute Gasteiger partial charge is 0.169 e. The van der Waals surface area contributed by atoms with E-state index in [9.17, 15) is 8.42 Å². The molecule has 2 aromatic carbocycles. The minimum absolute atomic E-state index is 0.299. The molecule has 0 spiro atoms. The molecule has 0 bridgehead atoms. The van der Waals surface area contributed by atoms with Crippen molar-refractivity contribution in [3.8, 4) is 11.1 Å². The lowest BCUT2D eigenvalue weighted by atomic mass is 10.0. The zero-order chi connectivity index (χ0) is 16.4. The lowest BCUT2D eigenvalue weighted by Crippen LogP contribution is -2.55. The summed E-state index contributed by atoms with van der Waals surface area (Å²) in [6.07, 6.45) is 1.19. The molecule has 122 valence electrons. The summed E-state index contributed by atoms with van der Waals surface area (Å²) in [4.78, 5) is 1.65. The van der Waals surface area contributed by atoms with E-state index in [-0.39, 0.29) is 5.82 Å². The van der Waals surface area contributed by atoms with Gasteiger partial charge in [-0.25, -0.2) is 12.8 Å². The van der Waals surface area contributed by atoms with E-state index in [4.69, 9.17) is 0 Å². The highest BCUT2D eigenvalue weighted by Crippen LogP contribution is 2.31. The summed E-state index contributed by atoms with van der Waals surface area (Å²) >= 11 is 0. The molecule has 0 unspecified atom stereocenters. The van der Waals surface area contributed by atoms with E-state index in [0.29, 0.717) is 30.9 Å². The minimum Gasteiger partial charge on any atom is -0.350 e. The van der Waals surface area contributed by atoms with Gasteiger partial charge in [-0.2, -0.15) is 0 Å². The molecule has 1 saturated heterocycles. The lowest BCUT2D eigenvalue weighted by Gasteiger charge is -2.37. The quantitative estimate of drug-likeness (QED) is 0.935. The number of nitrogens with one attached hydrogen (secondary N) is 1. The van der Waals surface area contributed by atoms with Crippen LogP contribution in [0.3, 0.4) is 0 Å². The van der Waals surface area contributed by atoms with Crippen LogP contribution >= 0.6 is 0 Å². The van der Waals surface area contributed by atoms with E-state index in [1.807, 2.05) is 30.3 Å². The molecule has 2 aromatic rings. The molecular formula is C17H19FN2O2S. The van der Waals surface area contributed by atoms with Crippen LogP contribution in [0, 0.1) is 5.82 Å². The van der Waals surface area contributed by atoms with Crippen molar-refractivity contribution in [1.29, 1.82) is 0 Å². The van der Waals surface area contributed by atoms with E-state index >= 15 is 4.39 Å². The van der Waals surface area contributed by atoms with Gasteiger partial charge in [-0.15, -0.1) is 0 Å². The first-order valence-corrected chi connectivity index (χ1v) is 9.44. The molecule has 0 aliphatic carbocycles. The summed E-state index contributed by atoms with van der Waals surface area (Å²) in [7, 11) is -3.32. The van der Waals surface area contributed by atoms with E-state index < -0.39 is 15.2 Å². The molecule has 1 heterocycles. The molecule has 1 aliphatic rings. The Hall–Kier alpha value is -1.92. The molecule has 6 heteroatoms. The van der Waals surface area contributed by atoms with Gasteiger partial charge in [-0.1, -0.05) is 42.5 Å². The van der Waals surface area contributed by atoms with Gasteiger partial charge in [0, 0.05) is 31.5 Å². The third-order valence-corrected chi connectivity index (χ3v) is 5.47. The highest BCUT2D eigenvalue weighted by atomic mass is 32.2. The number of anilines is 1. The monoisotopic (exact) mass is 334 g/mol. The standard InChI is InChI=1S/C17H19FN2O2S/c1-23(21,22)16-12-19-10-11-20(16)15-9-5-8-14(17(15)18)13-6-3-2-4-7-13/h2-9,16,19H,10-12H2,1H3/t16-/m0/s1. The van der Waals surface area contributed by atoms with Crippen LogP contribution in [0.15, 0.2) is 48.5 Å². The third kappa shape index (κ3) is 3.23. The number of halogens is 1. The Morgan fingerprint density at radius 1 is 1.13 bits per heavy atom. The first kappa shape index (κ1) is 16.0. The van der Waals surface area contributed by atoms with Crippen LogP contribution in [0.25, 0.3) is 11.1 Å². The van der Waals surface area contributed by atoms with Gasteiger partial charge in [-0.05, 0) is 11.6 Å². The SMILES string of the molecule is CS(=O)(=O)[C@H]1CNCCN1c1cccc(-c2ccccc2)c1F. The second kappa shape index (κ2) is 6.29. The summed E-state index contributed by atoms with van der Waals surface area (Å²) in [5.41, 5.74) is 1.59. The Labute approximate surface area is 135 Å². The molecule has 23 heavy (non-hydrogen) atoms. The summed E-state index contributed by atoms with van der Waals surface area (Å²) in [5.74, 6) is -0.380. The van der Waals surface area contributed by atoms with Crippen LogP contribution in [0.2, 0.25) is 0 Å². The molecule has 1 N–H and O–H groups in total. The average molecular weight is 334 g/mol. The van der Waals surface area contributed by atoms with Gasteiger partial charge in [-0.3, -0.25) is 0 Å². The zero-order valence-electron chi connectivity index (χ0n) is 12.9. The maximum atomic E-state index is 15.0. The van der Waals surface area contributed by atoms with Gasteiger partial charge in [0.1, 0.15) is 5.37 Å². The van der Waals surface area contributed by atoms with Gasteiger partial charge in [0.05, 0.1) is 5.69 Å². The summed E-state index contributed by atoms with van der Waals surface area (Å²) < 4.78 is 39.1. The molecule has 1 aliphatic heterocycles. The molecule has 0 aromatic heterocycles. The van der Waals surface area contributed by atoms with E-state index in [1.165, 1.54) is 6.26 Å². The van der Waals surface area contributed by atoms with Crippen molar-refractivity contribution in [2.24, 2.45) is 0 Å². The van der Waals surface area contributed by atoms with Crippen molar-refractivity contribution in [2.75, 3.05) is 30.8 Å². The predicted molar refractivity (Wildman–Crippen MR) is 90.7 cm³/mol. The van der Waals surface area contributed by atoms with Gasteiger partial charge >= 0.3 is 0 Å². The second-order valence-corrected chi connectivity index (χ2v) is 7.89. The molecule has 0 radical (unpaired) electrons. The Bertz CT molecular complexity index is 793. The molecule has 4 nitrogen and oxygen atoms in total. The van der Waals surface area contributed by atoms with Crippen LogP contribution in [-0.2, 0) is 9.84 Å². The largest absolute Gasteiger partial charge is 0.350 e. The topological polar surface area (TPSA) is 49.4 Å². The Balaban J connectivity index is 2.06. The predicted octanol–water partition coefficient (Wildman–Crippen LogP) is 2.27. The Morgan fingerprint density at radius 2 is 1.87 bits per heavy atom. The van der Waals surface area contributed by atoms with Crippen LogP contribution in [0.5, 0.6) is 0 Å². The summed E-state index contributed by atoms with van der Waals surface area (Å²) in [5, 5.41) is 2.31. The molecular weight excluding hydrogens is 315 g/mol. The number of hydrogen-bond donors (Lipinski definition) is 1. The second-order valence-electron chi connectivity index (χ2n) is 5.69. The lowest BCUT2D eigenvalue weighted by molar-refractivity contribution is 0.514. The van der Waals surface area contributed by atoms with E-state index in [0.717, 1.165) is 5.56 Å². The van der Waals surface area contributed by atoms with Gasteiger partial charge in [0.25, 0.3) is 0 Å². The van der Waals surface area contributed by atoms with Crippen molar-refractivity contribution in [3.63, 3.8) is 0 Å². The van der Waals surface area contributed by atoms with Crippen molar-refractivity contribution in [3.05, 3.63) is 54.3 Å².